The molecule has 1 saturated carbocycles. The van der Waals surface area contributed by atoms with Crippen LogP contribution in [0.4, 0.5) is 0 Å². The smallest absolute Gasteiger partial charge is 0.193 e. The second kappa shape index (κ2) is 4.99. The van der Waals surface area contributed by atoms with Gasteiger partial charge < -0.3 is 4.74 Å². The standard InChI is InChI=1S/C10H12Cl2N2O/c11-9-6-8(10(12)14-13-9)15-5-4-7-2-1-3-7/h6-7H,1-5H2. The monoisotopic (exact) mass is 246 g/mol. The lowest BCUT2D eigenvalue weighted by molar-refractivity contribution is 0.221. The van der Waals surface area contributed by atoms with Crippen LogP contribution in [-0.4, -0.2) is 16.8 Å². The van der Waals surface area contributed by atoms with Gasteiger partial charge in [-0.15, -0.1) is 10.2 Å². The third-order valence-electron chi connectivity index (χ3n) is 2.70. The number of hydrogen-bond donors (Lipinski definition) is 0. The van der Waals surface area contributed by atoms with Crippen LogP contribution in [-0.2, 0) is 0 Å². The molecule has 1 aromatic heterocycles. The van der Waals surface area contributed by atoms with Crippen molar-refractivity contribution in [1.82, 2.24) is 10.2 Å². The lowest BCUT2D eigenvalue weighted by Gasteiger charge is -2.24. The van der Waals surface area contributed by atoms with Gasteiger partial charge in [0.25, 0.3) is 0 Å². The molecule has 1 aliphatic carbocycles. The molecule has 0 bridgehead atoms. The zero-order chi connectivity index (χ0) is 10.7. The van der Waals surface area contributed by atoms with Gasteiger partial charge in [-0.05, 0) is 12.3 Å². The first kappa shape index (κ1) is 11.0. The van der Waals surface area contributed by atoms with Crippen molar-refractivity contribution in [3.05, 3.63) is 16.4 Å². The summed E-state index contributed by atoms with van der Waals surface area (Å²) in [4.78, 5) is 0. The molecule has 2 rings (SSSR count). The van der Waals surface area contributed by atoms with E-state index in [0.717, 1.165) is 12.3 Å². The predicted molar refractivity (Wildman–Crippen MR) is 59.5 cm³/mol. The Labute approximate surface area is 98.7 Å². The third kappa shape index (κ3) is 2.95. The Hall–Kier alpha value is -0.540. The molecular formula is C10H12Cl2N2O. The van der Waals surface area contributed by atoms with Gasteiger partial charge in [-0.2, -0.15) is 0 Å². The molecule has 1 aliphatic rings. The summed E-state index contributed by atoms with van der Waals surface area (Å²) < 4.78 is 5.51. The van der Waals surface area contributed by atoms with E-state index < -0.39 is 0 Å². The van der Waals surface area contributed by atoms with Crippen molar-refractivity contribution in [2.45, 2.75) is 25.7 Å². The van der Waals surface area contributed by atoms with Gasteiger partial charge in [0, 0.05) is 6.07 Å². The topological polar surface area (TPSA) is 35.0 Å². The minimum absolute atomic E-state index is 0.271. The largest absolute Gasteiger partial charge is 0.490 e. The van der Waals surface area contributed by atoms with Gasteiger partial charge in [0.15, 0.2) is 16.1 Å². The summed E-state index contributed by atoms with van der Waals surface area (Å²) in [7, 11) is 0. The second-order valence-electron chi connectivity index (χ2n) is 3.76. The summed E-state index contributed by atoms with van der Waals surface area (Å²) in [6, 6.07) is 1.59. The summed E-state index contributed by atoms with van der Waals surface area (Å²) in [5, 5.41) is 7.86. The minimum Gasteiger partial charge on any atom is -0.490 e. The first-order valence-electron chi connectivity index (χ1n) is 5.07. The van der Waals surface area contributed by atoms with Gasteiger partial charge in [0.1, 0.15) is 0 Å². The van der Waals surface area contributed by atoms with Gasteiger partial charge in [-0.25, -0.2) is 0 Å². The SMILES string of the molecule is Clc1cc(OCCC2CCC2)c(Cl)nn1. The fraction of sp³-hybridized carbons (Fsp3) is 0.600. The molecule has 3 nitrogen and oxygen atoms in total. The lowest BCUT2D eigenvalue weighted by Crippen LogP contribution is -2.14. The van der Waals surface area contributed by atoms with Crippen LogP contribution in [0.2, 0.25) is 10.3 Å². The molecule has 0 saturated heterocycles. The molecule has 0 amide bonds. The molecule has 0 spiro atoms. The molecule has 1 heterocycles. The Bertz CT molecular complexity index is 342. The van der Waals surface area contributed by atoms with Crippen LogP contribution < -0.4 is 4.74 Å². The van der Waals surface area contributed by atoms with E-state index in [0.29, 0.717) is 17.5 Å². The van der Waals surface area contributed by atoms with Crippen LogP contribution in [0.1, 0.15) is 25.7 Å². The normalized spacial score (nSPS) is 16.1. The zero-order valence-electron chi connectivity index (χ0n) is 8.25. The van der Waals surface area contributed by atoms with Crippen LogP contribution in [0.5, 0.6) is 5.75 Å². The minimum atomic E-state index is 0.271. The highest BCUT2D eigenvalue weighted by Crippen LogP contribution is 2.30. The van der Waals surface area contributed by atoms with Crippen LogP contribution in [0, 0.1) is 5.92 Å². The van der Waals surface area contributed by atoms with Crippen molar-refractivity contribution >= 4 is 23.2 Å². The van der Waals surface area contributed by atoms with Crippen molar-refractivity contribution in [1.29, 1.82) is 0 Å². The second-order valence-corrected chi connectivity index (χ2v) is 4.50. The highest BCUT2D eigenvalue weighted by molar-refractivity contribution is 6.32. The molecule has 15 heavy (non-hydrogen) atoms. The molecule has 1 aromatic rings. The van der Waals surface area contributed by atoms with Crippen LogP contribution >= 0.6 is 23.2 Å². The van der Waals surface area contributed by atoms with E-state index in [-0.39, 0.29) is 5.15 Å². The van der Waals surface area contributed by atoms with Gasteiger partial charge in [0.2, 0.25) is 0 Å². The Kier molecular flexibility index (Phi) is 3.65. The average Bonchev–Trinajstić information content (AvgIpc) is 2.15. The molecule has 0 atom stereocenters. The Morgan fingerprint density at radius 3 is 2.80 bits per heavy atom. The van der Waals surface area contributed by atoms with E-state index in [1.54, 1.807) is 6.07 Å². The quantitative estimate of drug-likeness (QED) is 0.818. The number of rotatable bonds is 4. The van der Waals surface area contributed by atoms with Crippen molar-refractivity contribution < 1.29 is 4.74 Å². The fourth-order valence-corrected chi connectivity index (χ4v) is 1.84. The summed E-state index contributed by atoms with van der Waals surface area (Å²) in [5.41, 5.74) is 0. The number of aromatic nitrogens is 2. The molecule has 5 heteroatoms. The highest BCUT2D eigenvalue weighted by atomic mass is 35.5. The summed E-state index contributed by atoms with van der Waals surface area (Å²) >= 11 is 11.5. The fourth-order valence-electron chi connectivity index (χ4n) is 1.56. The van der Waals surface area contributed by atoms with Crippen molar-refractivity contribution in [2.24, 2.45) is 5.92 Å². The maximum atomic E-state index is 5.80. The number of halogens is 2. The van der Waals surface area contributed by atoms with E-state index in [1.807, 2.05) is 0 Å². The Morgan fingerprint density at radius 1 is 1.33 bits per heavy atom. The number of hydrogen-bond acceptors (Lipinski definition) is 3. The van der Waals surface area contributed by atoms with E-state index >= 15 is 0 Å². The molecule has 0 radical (unpaired) electrons. The Morgan fingerprint density at radius 2 is 2.13 bits per heavy atom. The van der Waals surface area contributed by atoms with Gasteiger partial charge in [-0.3, -0.25) is 0 Å². The molecule has 0 unspecified atom stereocenters. The predicted octanol–water partition coefficient (Wildman–Crippen LogP) is 3.35. The maximum absolute atomic E-state index is 5.80. The van der Waals surface area contributed by atoms with Gasteiger partial charge in [-0.1, -0.05) is 42.5 Å². The van der Waals surface area contributed by atoms with Crippen molar-refractivity contribution in [2.75, 3.05) is 6.61 Å². The number of ether oxygens (including phenoxy) is 1. The maximum Gasteiger partial charge on any atom is 0.193 e. The molecule has 1 fully saturated rings. The van der Waals surface area contributed by atoms with Crippen molar-refractivity contribution in [3.8, 4) is 5.75 Å². The van der Waals surface area contributed by atoms with E-state index in [2.05, 4.69) is 10.2 Å². The van der Waals surface area contributed by atoms with Gasteiger partial charge >= 0.3 is 0 Å². The van der Waals surface area contributed by atoms with Crippen molar-refractivity contribution in [3.63, 3.8) is 0 Å². The number of nitrogens with zero attached hydrogens (tertiary/aromatic N) is 2. The van der Waals surface area contributed by atoms with E-state index in [1.165, 1.54) is 19.3 Å². The Balaban J connectivity index is 1.83. The first-order valence-corrected chi connectivity index (χ1v) is 5.83. The van der Waals surface area contributed by atoms with E-state index in [9.17, 15) is 0 Å². The zero-order valence-corrected chi connectivity index (χ0v) is 9.76. The highest BCUT2D eigenvalue weighted by Gasteiger charge is 2.17. The molecule has 82 valence electrons. The molecule has 0 N–H and O–H groups in total. The lowest BCUT2D eigenvalue weighted by atomic mass is 9.83. The third-order valence-corrected chi connectivity index (χ3v) is 3.14. The molecule has 0 aliphatic heterocycles. The van der Waals surface area contributed by atoms with E-state index in [4.69, 9.17) is 27.9 Å². The van der Waals surface area contributed by atoms with Gasteiger partial charge in [0.05, 0.1) is 6.61 Å². The average molecular weight is 247 g/mol. The van der Waals surface area contributed by atoms with Crippen LogP contribution in [0.3, 0.4) is 0 Å². The van der Waals surface area contributed by atoms with Crippen LogP contribution in [0.15, 0.2) is 6.07 Å². The first-order chi connectivity index (χ1) is 7.25. The molecule has 0 aromatic carbocycles. The summed E-state index contributed by atoms with van der Waals surface area (Å²) in [6.07, 6.45) is 5.09. The molecular weight excluding hydrogens is 235 g/mol. The summed E-state index contributed by atoms with van der Waals surface area (Å²) in [6.45, 7) is 0.673. The summed E-state index contributed by atoms with van der Waals surface area (Å²) in [5.74, 6) is 1.35. The van der Waals surface area contributed by atoms with Crippen LogP contribution in [0.25, 0.3) is 0 Å².